The second-order valence-electron chi connectivity index (χ2n) is 6.31. The van der Waals surface area contributed by atoms with E-state index in [1.807, 2.05) is 42.5 Å². The lowest BCUT2D eigenvalue weighted by Crippen LogP contribution is -2.39. The summed E-state index contributed by atoms with van der Waals surface area (Å²) in [5.41, 5.74) is 2.76. The summed E-state index contributed by atoms with van der Waals surface area (Å²) in [4.78, 5) is 19.7. The Bertz CT molecular complexity index is 824. The number of ether oxygens (including phenoxy) is 1. The number of halogens is 2. The third kappa shape index (κ3) is 5.45. The molecule has 0 N–H and O–H groups in total. The van der Waals surface area contributed by atoms with Crippen molar-refractivity contribution in [3.63, 3.8) is 0 Å². The Kier molecular flexibility index (Phi) is 6.72. The van der Waals surface area contributed by atoms with E-state index in [-0.39, 0.29) is 18.6 Å². The standard InChI is InChI=1S/C20H20Cl2N2O3/c1-26-13-20(25)24(11-14-3-2-4-17(22)9-14)12-18-10-19(23-27-18)15-5-7-16(21)8-6-15/h2-9,18H,10-13H2,1H3/t18-/m0/s1. The summed E-state index contributed by atoms with van der Waals surface area (Å²) < 4.78 is 5.01. The summed E-state index contributed by atoms with van der Waals surface area (Å²) in [6, 6.07) is 14.9. The summed E-state index contributed by atoms with van der Waals surface area (Å²) in [5, 5.41) is 5.49. The molecule has 3 rings (SSSR count). The first-order valence-electron chi connectivity index (χ1n) is 8.55. The molecule has 0 radical (unpaired) electrons. The number of nitrogens with zero attached hydrogens (tertiary/aromatic N) is 2. The first-order chi connectivity index (χ1) is 13.0. The maximum Gasteiger partial charge on any atom is 0.248 e. The van der Waals surface area contributed by atoms with Crippen molar-refractivity contribution in [2.45, 2.75) is 19.1 Å². The zero-order valence-corrected chi connectivity index (χ0v) is 16.4. The van der Waals surface area contributed by atoms with Crippen molar-refractivity contribution in [2.24, 2.45) is 5.16 Å². The molecular formula is C20H20Cl2N2O3. The summed E-state index contributed by atoms with van der Waals surface area (Å²) >= 11 is 12.0. The molecule has 142 valence electrons. The number of hydrogen-bond donors (Lipinski definition) is 0. The Morgan fingerprint density at radius 2 is 2.00 bits per heavy atom. The molecule has 0 saturated carbocycles. The topological polar surface area (TPSA) is 51.1 Å². The van der Waals surface area contributed by atoms with E-state index in [9.17, 15) is 4.79 Å². The largest absolute Gasteiger partial charge is 0.390 e. The summed E-state index contributed by atoms with van der Waals surface area (Å²) in [6.45, 7) is 0.854. The number of carbonyl (C=O) groups is 1. The van der Waals surface area contributed by atoms with Gasteiger partial charge in [0.1, 0.15) is 6.61 Å². The third-order valence-corrected chi connectivity index (χ3v) is 4.70. The Morgan fingerprint density at radius 3 is 2.70 bits per heavy atom. The zero-order chi connectivity index (χ0) is 19.2. The summed E-state index contributed by atoms with van der Waals surface area (Å²) in [6.07, 6.45) is 0.407. The number of hydrogen-bond acceptors (Lipinski definition) is 4. The highest BCUT2D eigenvalue weighted by Crippen LogP contribution is 2.20. The molecule has 0 aliphatic carbocycles. The molecule has 7 heteroatoms. The van der Waals surface area contributed by atoms with E-state index >= 15 is 0 Å². The number of amides is 1. The van der Waals surface area contributed by atoms with Crippen molar-refractivity contribution >= 4 is 34.8 Å². The maximum atomic E-state index is 12.5. The molecule has 1 aliphatic rings. The van der Waals surface area contributed by atoms with Gasteiger partial charge in [0, 0.05) is 30.1 Å². The van der Waals surface area contributed by atoms with Gasteiger partial charge in [-0.2, -0.15) is 0 Å². The predicted molar refractivity (Wildman–Crippen MR) is 106 cm³/mol. The first-order valence-corrected chi connectivity index (χ1v) is 9.30. The molecule has 2 aromatic rings. The second kappa shape index (κ2) is 9.22. The van der Waals surface area contributed by atoms with Crippen LogP contribution in [0.1, 0.15) is 17.5 Å². The molecule has 5 nitrogen and oxygen atoms in total. The first kappa shape index (κ1) is 19.7. The molecule has 1 heterocycles. The molecule has 2 aromatic carbocycles. The minimum absolute atomic E-state index is 0.0121. The molecule has 1 aliphatic heterocycles. The Balaban J connectivity index is 1.66. The number of carbonyl (C=O) groups excluding carboxylic acids is 1. The Hall–Kier alpha value is -2.08. The highest BCUT2D eigenvalue weighted by atomic mass is 35.5. The molecule has 27 heavy (non-hydrogen) atoms. The highest BCUT2D eigenvalue weighted by molar-refractivity contribution is 6.31. The summed E-state index contributed by atoms with van der Waals surface area (Å²) in [7, 11) is 1.50. The van der Waals surface area contributed by atoms with Crippen molar-refractivity contribution in [3.8, 4) is 0 Å². The van der Waals surface area contributed by atoms with Gasteiger partial charge in [-0.1, -0.05) is 52.6 Å². The van der Waals surface area contributed by atoms with Crippen molar-refractivity contribution in [1.82, 2.24) is 4.90 Å². The van der Waals surface area contributed by atoms with Crippen LogP contribution < -0.4 is 0 Å². The van der Waals surface area contributed by atoms with Crippen molar-refractivity contribution in [3.05, 3.63) is 69.7 Å². The van der Waals surface area contributed by atoms with E-state index in [1.165, 1.54) is 7.11 Å². The van der Waals surface area contributed by atoms with E-state index in [0.717, 1.165) is 16.8 Å². The monoisotopic (exact) mass is 406 g/mol. The molecule has 0 bridgehead atoms. The average molecular weight is 407 g/mol. The van der Waals surface area contributed by atoms with Crippen LogP contribution in [0.3, 0.4) is 0 Å². The van der Waals surface area contributed by atoms with Crippen molar-refractivity contribution in [2.75, 3.05) is 20.3 Å². The van der Waals surface area contributed by atoms with Gasteiger partial charge in [-0.15, -0.1) is 0 Å². The maximum absolute atomic E-state index is 12.5. The molecule has 1 atom stereocenters. The lowest BCUT2D eigenvalue weighted by Gasteiger charge is -2.25. The minimum atomic E-state index is -0.212. The second-order valence-corrected chi connectivity index (χ2v) is 7.19. The van der Waals surface area contributed by atoms with E-state index in [0.29, 0.717) is 29.6 Å². The van der Waals surface area contributed by atoms with Gasteiger partial charge in [-0.3, -0.25) is 4.79 Å². The molecule has 1 amide bonds. The van der Waals surface area contributed by atoms with Crippen LogP contribution in [0.25, 0.3) is 0 Å². The Labute approximate surface area is 168 Å². The van der Waals surface area contributed by atoms with E-state index in [1.54, 1.807) is 11.0 Å². The summed E-state index contributed by atoms with van der Waals surface area (Å²) in [5.74, 6) is -0.110. The lowest BCUT2D eigenvalue weighted by atomic mass is 10.0. The van der Waals surface area contributed by atoms with Gasteiger partial charge < -0.3 is 14.5 Å². The van der Waals surface area contributed by atoms with E-state index < -0.39 is 0 Å². The van der Waals surface area contributed by atoms with E-state index in [4.69, 9.17) is 32.8 Å². The van der Waals surface area contributed by atoms with Crippen LogP contribution in [-0.4, -0.2) is 42.9 Å². The number of methoxy groups -OCH3 is 1. The molecule has 0 aromatic heterocycles. The van der Waals surface area contributed by atoms with Gasteiger partial charge in [0.15, 0.2) is 6.10 Å². The molecule has 0 saturated heterocycles. The van der Waals surface area contributed by atoms with Gasteiger partial charge in [-0.05, 0) is 35.4 Å². The van der Waals surface area contributed by atoms with Crippen LogP contribution in [0, 0.1) is 0 Å². The SMILES string of the molecule is COCC(=O)N(Cc1cccc(Cl)c1)C[C@@H]1CC(c2ccc(Cl)cc2)=NO1. The van der Waals surface area contributed by atoms with Crippen LogP contribution in [0.2, 0.25) is 10.0 Å². The van der Waals surface area contributed by atoms with Crippen molar-refractivity contribution < 1.29 is 14.4 Å². The van der Waals surface area contributed by atoms with Gasteiger partial charge in [0.05, 0.1) is 12.3 Å². The van der Waals surface area contributed by atoms with E-state index in [2.05, 4.69) is 5.16 Å². The van der Waals surface area contributed by atoms with Crippen LogP contribution in [0.4, 0.5) is 0 Å². The quantitative estimate of drug-likeness (QED) is 0.693. The number of oxime groups is 1. The van der Waals surface area contributed by atoms with Crippen molar-refractivity contribution in [1.29, 1.82) is 0 Å². The van der Waals surface area contributed by atoms with Gasteiger partial charge in [0.2, 0.25) is 5.91 Å². The number of benzene rings is 2. The smallest absolute Gasteiger partial charge is 0.248 e. The molecule has 0 unspecified atom stereocenters. The fourth-order valence-electron chi connectivity index (χ4n) is 2.91. The van der Waals surface area contributed by atoms with Crippen LogP contribution in [0.5, 0.6) is 0 Å². The average Bonchev–Trinajstić information content (AvgIpc) is 3.10. The van der Waals surface area contributed by atoms with Gasteiger partial charge in [0.25, 0.3) is 0 Å². The fourth-order valence-corrected chi connectivity index (χ4v) is 3.25. The molecule has 0 fully saturated rings. The Morgan fingerprint density at radius 1 is 1.22 bits per heavy atom. The lowest BCUT2D eigenvalue weighted by molar-refractivity contribution is -0.137. The zero-order valence-electron chi connectivity index (χ0n) is 14.9. The van der Waals surface area contributed by atoms with Gasteiger partial charge in [-0.25, -0.2) is 0 Å². The fraction of sp³-hybridized carbons (Fsp3) is 0.300. The van der Waals surface area contributed by atoms with Crippen LogP contribution in [-0.2, 0) is 20.9 Å². The third-order valence-electron chi connectivity index (χ3n) is 4.22. The normalized spacial score (nSPS) is 16.0. The van der Waals surface area contributed by atoms with Gasteiger partial charge >= 0.3 is 0 Å². The van der Waals surface area contributed by atoms with Crippen LogP contribution >= 0.6 is 23.2 Å². The van der Waals surface area contributed by atoms with Crippen LogP contribution in [0.15, 0.2) is 53.7 Å². The predicted octanol–water partition coefficient (Wildman–Crippen LogP) is 4.16. The minimum Gasteiger partial charge on any atom is -0.390 e. The molecular weight excluding hydrogens is 387 g/mol. The molecule has 0 spiro atoms. The number of rotatable bonds is 7. The highest BCUT2D eigenvalue weighted by Gasteiger charge is 2.26.